The molecule has 8 heteroatoms. The Hall–Kier alpha value is -4.07. The second-order valence-corrected chi connectivity index (χ2v) is 7.56. The number of hydrogen-bond acceptors (Lipinski definition) is 4. The first-order valence-electron chi connectivity index (χ1n) is 9.89. The van der Waals surface area contributed by atoms with Gasteiger partial charge in [-0.15, -0.1) is 0 Å². The molecule has 0 radical (unpaired) electrons. The van der Waals surface area contributed by atoms with Gasteiger partial charge in [0, 0.05) is 26.0 Å². The number of aromatic nitrogens is 5. The lowest BCUT2D eigenvalue weighted by Gasteiger charge is -2.11. The van der Waals surface area contributed by atoms with E-state index in [0.29, 0.717) is 16.9 Å². The summed E-state index contributed by atoms with van der Waals surface area (Å²) in [6, 6.07) is 17.6. The van der Waals surface area contributed by atoms with Crippen LogP contribution in [0.25, 0.3) is 22.6 Å². The minimum atomic E-state index is -0.409. The van der Waals surface area contributed by atoms with Crippen LogP contribution in [0.3, 0.4) is 0 Å². The normalized spacial score (nSPS) is 11.5. The third-order valence-corrected chi connectivity index (χ3v) is 5.43. The Morgan fingerprint density at radius 2 is 1.74 bits per heavy atom. The molecule has 156 valence electrons. The summed E-state index contributed by atoms with van der Waals surface area (Å²) in [5, 5.41) is 0. The fourth-order valence-corrected chi connectivity index (χ4v) is 3.84. The van der Waals surface area contributed by atoms with Crippen molar-refractivity contribution in [2.45, 2.75) is 13.5 Å². The Bertz CT molecular complexity index is 1550. The summed E-state index contributed by atoms with van der Waals surface area (Å²) in [6.07, 6.45) is 1.85. The molecule has 0 spiro atoms. The van der Waals surface area contributed by atoms with Gasteiger partial charge in [0.1, 0.15) is 12.4 Å². The summed E-state index contributed by atoms with van der Waals surface area (Å²) in [5.74, 6) is 1.30. The third kappa shape index (κ3) is 2.95. The van der Waals surface area contributed by atoms with Gasteiger partial charge in [-0.2, -0.15) is 4.98 Å². The summed E-state index contributed by atoms with van der Waals surface area (Å²) < 4.78 is 12.2. The van der Waals surface area contributed by atoms with Gasteiger partial charge in [-0.1, -0.05) is 30.3 Å². The highest BCUT2D eigenvalue weighted by atomic mass is 16.5. The number of nitrogens with zero attached hydrogens (tertiary/aromatic N) is 5. The zero-order valence-corrected chi connectivity index (χ0v) is 17.4. The molecule has 0 saturated carbocycles. The minimum Gasteiger partial charge on any atom is -0.487 e. The topological polar surface area (TPSA) is 75.5 Å². The van der Waals surface area contributed by atoms with Crippen LogP contribution in [-0.4, -0.2) is 23.1 Å². The van der Waals surface area contributed by atoms with Gasteiger partial charge in [0.25, 0.3) is 5.56 Å². The average Bonchev–Trinajstić information content (AvgIpc) is 3.31. The van der Waals surface area contributed by atoms with E-state index in [0.717, 1.165) is 27.3 Å². The zero-order chi connectivity index (χ0) is 21.7. The van der Waals surface area contributed by atoms with E-state index in [-0.39, 0.29) is 12.2 Å². The molecule has 0 unspecified atom stereocenters. The van der Waals surface area contributed by atoms with Gasteiger partial charge in [-0.25, -0.2) is 4.79 Å². The Kier molecular flexibility index (Phi) is 4.28. The maximum atomic E-state index is 12.9. The van der Waals surface area contributed by atoms with Crippen LogP contribution in [0.4, 0.5) is 0 Å². The van der Waals surface area contributed by atoms with Crippen molar-refractivity contribution >= 4 is 16.9 Å². The standard InChI is InChI=1S/C23H21N5O3/c1-15-8-7-9-16(12-15)28-17(14-31-18-10-5-4-6-11-18)13-27-19-20(24-22(27)28)25(2)23(30)26(3)21(19)29/h4-13H,14H2,1-3H3. The summed E-state index contributed by atoms with van der Waals surface area (Å²) in [6.45, 7) is 2.31. The lowest BCUT2D eigenvalue weighted by Crippen LogP contribution is -2.37. The van der Waals surface area contributed by atoms with Crippen LogP contribution < -0.4 is 16.0 Å². The maximum absolute atomic E-state index is 12.9. The fourth-order valence-electron chi connectivity index (χ4n) is 3.84. The molecule has 5 rings (SSSR count). The molecule has 0 fully saturated rings. The predicted molar refractivity (Wildman–Crippen MR) is 118 cm³/mol. The van der Waals surface area contributed by atoms with Gasteiger partial charge in [0.2, 0.25) is 5.78 Å². The smallest absolute Gasteiger partial charge is 0.332 e. The van der Waals surface area contributed by atoms with Crippen molar-refractivity contribution in [3.05, 3.63) is 92.9 Å². The summed E-state index contributed by atoms with van der Waals surface area (Å²) >= 11 is 0. The number of benzene rings is 2. The highest BCUT2D eigenvalue weighted by Crippen LogP contribution is 2.23. The molecule has 8 nitrogen and oxygen atoms in total. The summed E-state index contributed by atoms with van der Waals surface area (Å²) in [4.78, 5) is 30.0. The molecule has 31 heavy (non-hydrogen) atoms. The number of para-hydroxylation sites is 1. The van der Waals surface area contributed by atoms with Crippen molar-refractivity contribution in [3.63, 3.8) is 0 Å². The van der Waals surface area contributed by atoms with E-state index in [1.165, 1.54) is 11.6 Å². The molecule has 0 amide bonds. The molecular weight excluding hydrogens is 394 g/mol. The van der Waals surface area contributed by atoms with Crippen LogP contribution in [0.2, 0.25) is 0 Å². The van der Waals surface area contributed by atoms with E-state index in [2.05, 4.69) is 4.98 Å². The second-order valence-electron chi connectivity index (χ2n) is 7.56. The lowest BCUT2D eigenvalue weighted by molar-refractivity contribution is 0.299. The molecule has 5 aromatic rings. The number of fused-ring (bicyclic) bond motifs is 3. The molecule has 0 atom stereocenters. The summed E-state index contributed by atoms with van der Waals surface area (Å²) in [7, 11) is 3.09. The second kappa shape index (κ2) is 7.02. The van der Waals surface area contributed by atoms with Crippen molar-refractivity contribution < 1.29 is 4.74 Å². The van der Waals surface area contributed by atoms with Crippen LogP contribution in [0.5, 0.6) is 5.75 Å². The molecule has 3 heterocycles. The van der Waals surface area contributed by atoms with Gasteiger partial charge < -0.3 is 4.74 Å². The van der Waals surface area contributed by atoms with Crippen LogP contribution >= 0.6 is 0 Å². The number of aryl methyl sites for hydroxylation is 2. The van der Waals surface area contributed by atoms with Crippen LogP contribution in [0.15, 0.2) is 70.4 Å². The van der Waals surface area contributed by atoms with Crippen molar-refractivity contribution in [1.82, 2.24) is 23.1 Å². The van der Waals surface area contributed by atoms with Crippen molar-refractivity contribution in [1.29, 1.82) is 0 Å². The first-order valence-corrected chi connectivity index (χ1v) is 9.89. The molecule has 0 N–H and O–H groups in total. The summed E-state index contributed by atoms with van der Waals surface area (Å²) in [5.41, 5.74) is 2.73. The Morgan fingerprint density at radius 1 is 0.968 bits per heavy atom. The maximum Gasteiger partial charge on any atom is 0.332 e. The van der Waals surface area contributed by atoms with Crippen molar-refractivity contribution in [2.24, 2.45) is 14.1 Å². The SMILES string of the molecule is Cc1cccc(-n2c(COc3ccccc3)cn3c4c(=O)n(C)c(=O)n(C)c4nc23)c1. The number of imidazole rings is 2. The quantitative estimate of drug-likeness (QED) is 0.452. The highest BCUT2D eigenvalue weighted by molar-refractivity contribution is 5.76. The minimum absolute atomic E-state index is 0.287. The van der Waals surface area contributed by atoms with E-state index < -0.39 is 5.69 Å². The number of rotatable bonds is 4. The van der Waals surface area contributed by atoms with E-state index in [4.69, 9.17) is 4.74 Å². The molecule has 3 aromatic heterocycles. The van der Waals surface area contributed by atoms with E-state index in [1.807, 2.05) is 72.3 Å². The number of hydrogen-bond donors (Lipinski definition) is 0. The van der Waals surface area contributed by atoms with Gasteiger partial charge >= 0.3 is 5.69 Å². The predicted octanol–water partition coefficient (Wildman–Crippen LogP) is 2.56. The largest absolute Gasteiger partial charge is 0.487 e. The molecule has 0 bridgehead atoms. The fraction of sp³-hybridized carbons (Fsp3) is 0.174. The molecule has 0 saturated heterocycles. The molecule has 0 aliphatic rings. The molecule has 2 aromatic carbocycles. The monoisotopic (exact) mass is 415 g/mol. The zero-order valence-electron chi connectivity index (χ0n) is 17.4. The van der Waals surface area contributed by atoms with E-state index >= 15 is 0 Å². The Morgan fingerprint density at radius 3 is 2.48 bits per heavy atom. The van der Waals surface area contributed by atoms with E-state index in [9.17, 15) is 9.59 Å². The van der Waals surface area contributed by atoms with Gasteiger partial charge in [0.05, 0.1) is 5.69 Å². The molecule has 0 aliphatic carbocycles. The van der Waals surface area contributed by atoms with Crippen LogP contribution in [0.1, 0.15) is 11.3 Å². The Balaban J connectivity index is 1.78. The molecular formula is C23H21N5O3. The first kappa shape index (κ1) is 18.9. The van der Waals surface area contributed by atoms with Gasteiger partial charge in [-0.05, 0) is 36.8 Å². The van der Waals surface area contributed by atoms with Crippen LogP contribution in [-0.2, 0) is 20.7 Å². The van der Waals surface area contributed by atoms with Gasteiger partial charge in [0.15, 0.2) is 11.2 Å². The Labute approximate surface area is 177 Å². The van der Waals surface area contributed by atoms with Crippen LogP contribution in [0, 0.1) is 6.92 Å². The molecule has 0 aliphatic heterocycles. The van der Waals surface area contributed by atoms with Gasteiger partial charge in [-0.3, -0.25) is 22.9 Å². The first-order chi connectivity index (χ1) is 15.0. The highest BCUT2D eigenvalue weighted by Gasteiger charge is 2.21. The third-order valence-electron chi connectivity index (χ3n) is 5.43. The van der Waals surface area contributed by atoms with Crippen molar-refractivity contribution in [2.75, 3.05) is 0 Å². The van der Waals surface area contributed by atoms with Crippen molar-refractivity contribution in [3.8, 4) is 11.4 Å². The number of ether oxygens (including phenoxy) is 1. The lowest BCUT2D eigenvalue weighted by atomic mass is 10.2. The average molecular weight is 415 g/mol. The van der Waals surface area contributed by atoms with E-state index in [1.54, 1.807) is 11.4 Å².